The Morgan fingerprint density at radius 2 is 2.29 bits per heavy atom. The molecule has 0 aliphatic carbocycles. The molecule has 0 radical (unpaired) electrons. The summed E-state index contributed by atoms with van der Waals surface area (Å²) in [5, 5.41) is 9.06. The minimum absolute atomic E-state index is 0.109. The molecular formula is C10H15FINO4. The highest BCUT2D eigenvalue weighted by atomic mass is 127. The second-order valence-electron chi connectivity index (χ2n) is 4.01. The Balaban J connectivity index is 3.01. The van der Waals surface area contributed by atoms with Crippen molar-refractivity contribution in [2.24, 2.45) is 0 Å². The van der Waals surface area contributed by atoms with E-state index >= 15 is 0 Å². The van der Waals surface area contributed by atoms with Crippen LogP contribution in [-0.2, 0) is 9.53 Å². The van der Waals surface area contributed by atoms with Crippen molar-refractivity contribution < 1.29 is 23.8 Å². The van der Waals surface area contributed by atoms with E-state index in [0.717, 1.165) is 9.33 Å². The average molecular weight is 359 g/mol. The van der Waals surface area contributed by atoms with Crippen molar-refractivity contribution in [2.75, 3.05) is 18.1 Å². The number of rotatable bonds is 4. The standard InChI is InChI=1S/C10H15FINO4/c1-17-8(14)10(3-2-4-12)5-7(11)6-13(10)9(15)16/h7H,2-6H2,1H3,(H,15,16)/t7-,10-/m1/s1. The molecule has 1 saturated heterocycles. The Labute approximate surface area is 112 Å². The predicted octanol–water partition coefficient (Wildman–Crippen LogP) is 1.84. The van der Waals surface area contributed by atoms with Crippen molar-refractivity contribution in [1.82, 2.24) is 4.90 Å². The molecule has 1 fully saturated rings. The third kappa shape index (κ3) is 2.80. The number of carbonyl (C=O) groups excluding carboxylic acids is 1. The minimum Gasteiger partial charge on any atom is -0.467 e. The number of carbonyl (C=O) groups is 2. The maximum Gasteiger partial charge on any atom is 0.408 e. The van der Waals surface area contributed by atoms with Gasteiger partial charge in [0.2, 0.25) is 0 Å². The molecule has 1 N–H and O–H groups in total. The number of nitrogens with zero attached hydrogens (tertiary/aromatic N) is 1. The first-order valence-corrected chi connectivity index (χ1v) is 6.79. The lowest BCUT2D eigenvalue weighted by molar-refractivity contribution is -0.153. The summed E-state index contributed by atoms with van der Waals surface area (Å²) < 4.78 is 18.9. The van der Waals surface area contributed by atoms with Crippen LogP contribution in [0.15, 0.2) is 0 Å². The van der Waals surface area contributed by atoms with Crippen molar-refractivity contribution in [3.8, 4) is 0 Å². The number of hydrogen-bond donors (Lipinski definition) is 1. The van der Waals surface area contributed by atoms with Gasteiger partial charge in [0.15, 0.2) is 0 Å². The first kappa shape index (κ1) is 14.5. The smallest absolute Gasteiger partial charge is 0.408 e. The average Bonchev–Trinajstić information content (AvgIpc) is 2.64. The van der Waals surface area contributed by atoms with Crippen LogP contribution in [0.25, 0.3) is 0 Å². The molecule has 1 amide bonds. The van der Waals surface area contributed by atoms with Crippen LogP contribution in [-0.4, -0.2) is 51.9 Å². The molecule has 98 valence electrons. The molecule has 0 unspecified atom stereocenters. The van der Waals surface area contributed by atoms with Crippen molar-refractivity contribution >= 4 is 34.7 Å². The van der Waals surface area contributed by atoms with E-state index < -0.39 is 23.8 Å². The van der Waals surface area contributed by atoms with Crippen molar-refractivity contribution in [3.63, 3.8) is 0 Å². The van der Waals surface area contributed by atoms with Gasteiger partial charge in [-0.2, -0.15) is 0 Å². The molecule has 1 heterocycles. The Hall–Kier alpha value is -0.600. The van der Waals surface area contributed by atoms with Gasteiger partial charge in [0.25, 0.3) is 0 Å². The van der Waals surface area contributed by atoms with Crippen LogP contribution < -0.4 is 0 Å². The van der Waals surface area contributed by atoms with Crippen molar-refractivity contribution in [3.05, 3.63) is 0 Å². The summed E-state index contributed by atoms with van der Waals surface area (Å²) >= 11 is 2.13. The number of esters is 1. The Bertz CT molecular complexity index is 315. The molecule has 0 aromatic carbocycles. The van der Waals surface area contributed by atoms with Gasteiger partial charge in [-0.3, -0.25) is 4.90 Å². The number of ether oxygens (including phenoxy) is 1. The van der Waals surface area contributed by atoms with E-state index in [1.807, 2.05) is 0 Å². The van der Waals surface area contributed by atoms with Gasteiger partial charge in [-0.15, -0.1) is 0 Å². The largest absolute Gasteiger partial charge is 0.467 e. The lowest BCUT2D eigenvalue weighted by Crippen LogP contribution is -2.53. The van der Waals surface area contributed by atoms with Crippen LogP contribution in [0, 0.1) is 0 Å². The highest BCUT2D eigenvalue weighted by Crippen LogP contribution is 2.36. The van der Waals surface area contributed by atoms with E-state index in [0.29, 0.717) is 12.8 Å². The Morgan fingerprint density at radius 3 is 2.76 bits per heavy atom. The number of carboxylic acid groups (broad SMARTS) is 1. The van der Waals surface area contributed by atoms with E-state index in [1.165, 1.54) is 7.11 Å². The predicted molar refractivity (Wildman–Crippen MR) is 67.1 cm³/mol. The number of hydrogen-bond acceptors (Lipinski definition) is 3. The zero-order valence-corrected chi connectivity index (χ0v) is 11.6. The van der Waals surface area contributed by atoms with Crippen LogP contribution >= 0.6 is 22.6 Å². The molecule has 0 spiro atoms. The second-order valence-corrected chi connectivity index (χ2v) is 5.09. The summed E-state index contributed by atoms with van der Waals surface area (Å²) in [4.78, 5) is 23.8. The quantitative estimate of drug-likeness (QED) is 0.473. The Morgan fingerprint density at radius 1 is 1.65 bits per heavy atom. The molecule has 1 rings (SSSR count). The summed E-state index contributed by atoms with van der Waals surface area (Å²) in [6, 6.07) is 0. The van der Waals surface area contributed by atoms with E-state index in [4.69, 9.17) is 5.11 Å². The van der Waals surface area contributed by atoms with Crippen molar-refractivity contribution in [1.29, 1.82) is 0 Å². The Kier molecular flexibility index (Phi) is 4.96. The van der Waals surface area contributed by atoms with Gasteiger partial charge in [-0.1, -0.05) is 22.6 Å². The zero-order chi connectivity index (χ0) is 13.1. The highest BCUT2D eigenvalue weighted by Gasteiger charge is 2.54. The van der Waals surface area contributed by atoms with Crippen LogP contribution in [0.3, 0.4) is 0 Å². The molecule has 0 bridgehead atoms. The van der Waals surface area contributed by atoms with Gasteiger partial charge in [0.05, 0.1) is 13.7 Å². The van der Waals surface area contributed by atoms with Gasteiger partial charge < -0.3 is 9.84 Å². The molecule has 0 aromatic rings. The maximum atomic E-state index is 13.4. The second kappa shape index (κ2) is 5.83. The molecule has 17 heavy (non-hydrogen) atoms. The summed E-state index contributed by atoms with van der Waals surface area (Å²) in [6.45, 7) is -0.258. The van der Waals surface area contributed by atoms with Crippen LogP contribution in [0.5, 0.6) is 0 Å². The summed E-state index contributed by atoms with van der Waals surface area (Å²) in [5.41, 5.74) is -1.34. The van der Waals surface area contributed by atoms with E-state index in [2.05, 4.69) is 27.3 Å². The van der Waals surface area contributed by atoms with Gasteiger partial charge in [0, 0.05) is 6.42 Å². The number of alkyl halides is 2. The lowest BCUT2D eigenvalue weighted by Gasteiger charge is -2.33. The van der Waals surface area contributed by atoms with Gasteiger partial charge >= 0.3 is 12.1 Å². The van der Waals surface area contributed by atoms with E-state index in [-0.39, 0.29) is 13.0 Å². The molecule has 7 heteroatoms. The van der Waals surface area contributed by atoms with Gasteiger partial charge in [0.1, 0.15) is 11.7 Å². The number of likely N-dealkylation sites (tertiary alicyclic amines) is 1. The molecule has 1 aliphatic heterocycles. The maximum absolute atomic E-state index is 13.4. The van der Waals surface area contributed by atoms with Gasteiger partial charge in [-0.05, 0) is 17.3 Å². The third-order valence-corrected chi connectivity index (χ3v) is 3.74. The number of methoxy groups -OCH3 is 1. The normalized spacial score (nSPS) is 28.2. The summed E-state index contributed by atoms with van der Waals surface area (Å²) in [6.07, 6.45) is -1.74. The van der Waals surface area contributed by atoms with Gasteiger partial charge in [-0.25, -0.2) is 14.0 Å². The first-order chi connectivity index (χ1) is 7.97. The fourth-order valence-corrected chi connectivity index (χ4v) is 2.64. The fourth-order valence-electron chi connectivity index (χ4n) is 2.26. The van der Waals surface area contributed by atoms with Crippen LogP contribution in [0.2, 0.25) is 0 Å². The summed E-state index contributed by atoms with van der Waals surface area (Å²) in [7, 11) is 1.19. The SMILES string of the molecule is COC(=O)[C@@]1(CCCI)C[C@@H](F)CN1C(=O)O. The molecule has 5 nitrogen and oxygen atoms in total. The lowest BCUT2D eigenvalue weighted by atomic mass is 9.90. The van der Waals surface area contributed by atoms with Crippen molar-refractivity contribution in [2.45, 2.75) is 31.0 Å². The summed E-state index contributed by atoms with van der Waals surface area (Å²) in [5.74, 6) is -0.662. The zero-order valence-electron chi connectivity index (χ0n) is 9.49. The first-order valence-electron chi connectivity index (χ1n) is 5.27. The number of halogens is 2. The molecule has 0 aromatic heterocycles. The minimum atomic E-state index is -1.34. The molecular weight excluding hydrogens is 344 g/mol. The molecule has 2 atom stereocenters. The highest BCUT2D eigenvalue weighted by molar-refractivity contribution is 14.1. The fraction of sp³-hybridized carbons (Fsp3) is 0.800. The van der Waals surface area contributed by atoms with E-state index in [9.17, 15) is 14.0 Å². The van der Waals surface area contributed by atoms with Crippen LogP contribution in [0.4, 0.5) is 9.18 Å². The van der Waals surface area contributed by atoms with E-state index in [1.54, 1.807) is 0 Å². The monoisotopic (exact) mass is 359 g/mol. The topological polar surface area (TPSA) is 66.8 Å². The van der Waals surface area contributed by atoms with Crippen LogP contribution in [0.1, 0.15) is 19.3 Å². The molecule has 1 aliphatic rings. The molecule has 0 saturated carbocycles. The number of amides is 1. The third-order valence-electron chi connectivity index (χ3n) is 2.98.